The molecule has 2 atom stereocenters. The molecule has 1 amide bonds. The van der Waals surface area contributed by atoms with E-state index in [9.17, 15) is 4.79 Å². The van der Waals surface area contributed by atoms with Gasteiger partial charge < -0.3 is 15.5 Å². The Kier molecular flexibility index (Phi) is 5.13. The molecule has 0 spiro atoms. The Labute approximate surface area is 108 Å². The highest BCUT2D eigenvalue weighted by molar-refractivity contribution is 7.99. The van der Waals surface area contributed by atoms with Gasteiger partial charge in [0.05, 0.1) is 6.04 Å². The summed E-state index contributed by atoms with van der Waals surface area (Å²) in [7, 11) is 2.16. The molecule has 2 N–H and O–H groups in total. The Morgan fingerprint density at radius 3 is 3.18 bits per heavy atom. The standard InChI is InChI=1S/C12H23N3OS/c1-15-5-2-3-10(8-15)7-14-12(16)11-9-17-6-4-13-11/h10-11,13H,2-9H2,1H3,(H,14,16). The number of nitrogens with zero attached hydrogens (tertiary/aromatic N) is 1. The van der Waals surface area contributed by atoms with Crippen LogP contribution in [0.25, 0.3) is 0 Å². The molecule has 17 heavy (non-hydrogen) atoms. The SMILES string of the molecule is CN1CCCC(CNC(=O)C2CSCCN2)C1. The van der Waals surface area contributed by atoms with Gasteiger partial charge in [-0.1, -0.05) is 0 Å². The third kappa shape index (κ3) is 4.16. The van der Waals surface area contributed by atoms with E-state index >= 15 is 0 Å². The summed E-state index contributed by atoms with van der Waals surface area (Å²) in [6, 6.07) is 0.0232. The van der Waals surface area contributed by atoms with Crippen LogP contribution in [-0.2, 0) is 4.79 Å². The lowest BCUT2D eigenvalue weighted by atomic mass is 9.98. The molecule has 0 aromatic carbocycles. The van der Waals surface area contributed by atoms with Crippen molar-refractivity contribution in [2.75, 3.05) is 44.7 Å². The molecule has 0 aliphatic carbocycles. The highest BCUT2D eigenvalue weighted by Gasteiger charge is 2.22. The molecule has 0 aromatic rings. The number of piperidine rings is 1. The molecule has 2 aliphatic rings. The van der Waals surface area contributed by atoms with Gasteiger partial charge in [-0.05, 0) is 32.4 Å². The van der Waals surface area contributed by atoms with Crippen LogP contribution in [0.15, 0.2) is 0 Å². The minimum Gasteiger partial charge on any atom is -0.354 e. The van der Waals surface area contributed by atoms with Crippen molar-refractivity contribution < 1.29 is 4.79 Å². The Hall–Kier alpha value is -0.260. The molecule has 2 saturated heterocycles. The van der Waals surface area contributed by atoms with Gasteiger partial charge in [0, 0.05) is 31.1 Å². The van der Waals surface area contributed by atoms with Crippen LogP contribution in [0, 0.1) is 5.92 Å². The maximum Gasteiger partial charge on any atom is 0.238 e. The van der Waals surface area contributed by atoms with Gasteiger partial charge in [0.25, 0.3) is 0 Å². The van der Waals surface area contributed by atoms with Crippen molar-refractivity contribution in [3.63, 3.8) is 0 Å². The average molecular weight is 257 g/mol. The van der Waals surface area contributed by atoms with Crippen LogP contribution in [0.1, 0.15) is 12.8 Å². The number of carbonyl (C=O) groups is 1. The van der Waals surface area contributed by atoms with E-state index < -0.39 is 0 Å². The third-order valence-electron chi connectivity index (χ3n) is 3.53. The molecule has 4 nitrogen and oxygen atoms in total. The van der Waals surface area contributed by atoms with Crippen molar-refractivity contribution in [1.82, 2.24) is 15.5 Å². The van der Waals surface area contributed by atoms with Crippen molar-refractivity contribution in [1.29, 1.82) is 0 Å². The average Bonchev–Trinajstić information content (AvgIpc) is 2.37. The molecule has 2 aliphatic heterocycles. The highest BCUT2D eigenvalue weighted by Crippen LogP contribution is 2.14. The summed E-state index contributed by atoms with van der Waals surface area (Å²) in [5.41, 5.74) is 0. The van der Waals surface area contributed by atoms with Gasteiger partial charge in [-0.15, -0.1) is 0 Å². The van der Waals surface area contributed by atoms with Gasteiger partial charge in [-0.3, -0.25) is 4.79 Å². The quantitative estimate of drug-likeness (QED) is 0.755. The van der Waals surface area contributed by atoms with Crippen LogP contribution >= 0.6 is 11.8 Å². The normalized spacial score (nSPS) is 31.1. The summed E-state index contributed by atoms with van der Waals surface area (Å²) in [5.74, 6) is 2.85. The molecule has 0 saturated carbocycles. The molecule has 0 bridgehead atoms. The predicted molar refractivity (Wildman–Crippen MR) is 72.3 cm³/mol. The predicted octanol–water partition coefficient (Wildman–Crippen LogP) is 0.149. The largest absolute Gasteiger partial charge is 0.354 e. The zero-order valence-electron chi connectivity index (χ0n) is 10.6. The Bertz CT molecular complexity index is 256. The Morgan fingerprint density at radius 2 is 2.47 bits per heavy atom. The Balaban J connectivity index is 1.68. The monoisotopic (exact) mass is 257 g/mol. The maximum atomic E-state index is 11.9. The first-order valence-electron chi connectivity index (χ1n) is 6.53. The van der Waals surface area contributed by atoms with Crippen molar-refractivity contribution in [3.05, 3.63) is 0 Å². The summed E-state index contributed by atoms with van der Waals surface area (Å²) in [6.45, 7) is 4.11. The molecular formula is C12H23N3OS. The van der Waals surface area contributed by atoms with Gasteiger partial charge in [-0.25, -0.2) is 0 Å². The van der Waals surface area contributed by atoms with E-state index in [2.05, 4.69) is 22.6 Å². The van der Waals surface area contributed by atoms with E-state index in [4.69, 9.17) is 0 Å². The number of nitrogens with one attached hydrogen (secondary N) is 2. The van der Waals surface area contributed by atoms with Crippen molar-refractivity contribution in [2.24, 2.45) is 5.92 Å². The molecule has 5 heteroatoms. The van der Waals surface area contributed by atoms with Gasteiger partial charge >= 0.3 is 0 Å². The van der Waals surface area contributed by atoms with Gasteiger partial charge in [0.1, 0.15) is 0 Å². The first kappa shape index (κ1) is 13.2. The number of hydrogen-bond acceptors (Lipinski definition) is 4. The maximum absolute atomic E-state index is 11.9. The lowest BCUT2D eigenvalue weighted by Crippen LogP contribution is -2.50. The summed E-state index contributed by atoms with van der Waals surface area (Å²) in [4.78, 5) is 14.3. The zero-order chi connectivity index (χ0) is 12.1. The molecule has 98 valence electrons. The van der Waals surface area contributed by atoms with Gasteiger partial charge in [-0.2, -0.15) is 11.8 Å². The van der Waals surface area contributed by atoms with E-state index in [1.165, 1.54) is 19.4 Å². The van der Waals surface area contributed by atoms with Gasteiger partial charge in [0.15, 0.2) is 0 Å². The minimum absolute atomic E-state index is 0.0232. The van der Waals surface area contributed by atoms with Crippen molar-refractivity contribution in [2.45, 2.75) is 18.9 Å². The first-order valence-corrected chi connectivity index (χ1v) is 7.68. The van der Waals surface area contributed by atoms with Crippen LogP contribution in [-0.4, -0.2) is 61.6 Å². The van der Waals surface area contributed by atoms with Gasteiger partial charge in [0.2, 0.25) is 5.91 Å². The molecular weight excluding hydrogens is 234 g/mol. The van der Waals surface area contributed by atoms with Crippen molar-refractivity contribution in [3.8, 4) is 0 Å². The third-order valence-corrected chi connectivity index (χ3v) is 4.59. The van der Waals surface area contributed by atoms with Crippen LogP contribution in [0.3, 0.4) is 0 Å². The summed E-state index contributed by atoms with van der Waals surface area (Å²) in [6.07, 6.45) is 2.51. The number of likely N-dealkylation sites (tertiary alicyclic amines) is 1. The number of hydrogen-bond donors (Lipinski definition) is 2. The number of carbonyl (C=O) groups excluding carboxylic acids is 1. The van der Waals surface area contributed by atoms with Crippen LogP contribution < -0.4 is 10.6 Å². The second kappa shape index (κ2) is 6.61. The second-order valence-electron chi connectivity index (χ2n) is 5.10. The first-order chi connectivity index (χ1) is 8.25. The number of thioether (sulfide) groups is 1. The van der Waals surface area contributed by atoms with E-state index in [0.29, 0.717) is 5.92 Å². The topological polar surface area (TPSA) is 44.4 Å². The number of amides is 1. The highest BCUT2D eigenvalue weighted by atomic mass is 32.2. The summed E-state index contributed by atoms with van der Waals surface area (Å²) in [5, 5.41) is 6.37. The zero-order valence-corrected chi connectivity index (χ0v) is 11.4. The van der Waals surface area contributed by atoms with Crippen LogP contribution in [0.5, 0.6) is 0 Å². The Morgan fingerprint density at radius 1 is 1.59 bits per heavy atom. The fourth-order valence-corrected chi connectivity index (χ4v) is 3.48. The number of rotatable bonds is 3. The molecule has 2 fully saturated rings. The fraction of sp³-hybridized carbons (Fsp3) is 0.917. The van der Waals surface area contributed by atoms with E-state index in [1.54, 1.807) is 0 Å². The molecule has 0 aromatic heterocycles. The fourth-order valence-electron chi connectivity index (χ4n) is 2.54. The lowest BCUT2D eigenvalue weighted by Gasteiger charge is -2.30. The van der Waals surface area contributed by atoms with E-state index in [1.807, 2.05) is 11.8 Å². The molecule has 2 rings (SSSR count). The van der Waals surface area contributed by atoms with E-state index in [0.717, 1.165) is 31.1 Å². The van der Waals surface area contributed by atoms with Crippen LogP contribution in [0.4, 0.5) is 0 Å². The second-order valence-corrected chi connectivity index (χ2v) is 6.25. The lowest BCUT2D eigenvalue weighted by molar-refractivity contribution is -0.122. The molecule has 2 unspecified atom stereocenters. The van der Waals surface area contributed by atoms with Crippen LogP contribution in [0.2, 0.25) is 0 Å². The summed E-state index contributed by atoms with van der Waals surface area (Å²) < 4.78 is 0. The van der Waals surface area contributed by atoms with E-state index in [-0.39, 0.29) is 11.9 Å². The molecule has 0 radical (unpaired) electrons. The van der Waals surface area contributed by atoms with Crippen molar-refractivity contribution >= 4 is 17.7 Å². The smallest absolute Gasteiger partial charge is 0.238 e. The summed E-state index contributed by atoms with van der Waals surface area (Å²) >= 11 is 1.86. The minimum atomic E-state index is 0.0232. The molecule has 2 heterocycles.